The molecule has 0 aliphatic carbocycles. The van der Waals surface area contributed by atoms with E-state index in [1.807, 2.05) is 4.90 Å². The van der Waals surface area contributed by atoms with Gasteiger partial charge >= 0.3 is 6.18 Å². The predicted octanol–water partition coefficient (Wildman–Crippen LogP) is 3.12. The zero-order valence-electron chi connectivity index (χ0n) is 13.7. The average Bonchev–Trinajstić information content (AvgIpc) is 2.87. The van der Waals surface area contributed by atoms with Gasteiger partial charge in [0.05, 0.1) is 10.5 Å². The van der Waals surface area contributed by atoms with E-state index in [0.29, 0.717) is 44.6 Å². The lowest BCUT2D eigenvalue weighted by molar-refractivity contribution is -0.385. The fourth-order valence-electron chi connectivity index (χ4n) is 2.95. The minimum atomic E-state index is -4.67. The molecule has 1 aliphatic rings. The van der Waals surface area contributed by atoms with Crippen LogP contribution in [0.5, 0.6) is 0 Å². The normalized spacial score (nSPS) is 15.7. The number of rotatable bonds is 3. The van der Waals surface area contributed by atoms with Gasteiger partial charge in [0.25, 0.3) is 5.69 Å². The van der Waals surface area contributed by atoms with Crippen molar-refractivity contribution in [3.63, 3.8) is 0 Å². The SMILES string of the molecule is O=[N+]([O-])c1ccc(N2CCCN(c3ncccn3)CC2)c(C(F)(F)F)c1. The molecule has 2 heterocycles. The standard InChI is InChI=1S/C16H16F3N5O2/c17-16(18,19)13-11-12(24(25)26)3-4-14(13)22-7-2-8-23(10-9-22)15-20-5-1-6-21-15/h1,3-6,11H,2,7-10H2. The second-order valence-electron chi connectivity index (χ2n) is 5.83. The molecular weight excluding hydrogens is 351 g/mol. The first kappa shape index (κ1) is 17.9. The summed E-state index contributed by atoms with van der Waals surface area (Å²) in [5.74, 6) is 0.536. The number of nitro benzene ring substituents is 1. The van der Waals surface area contributed by atoms with E-state index in [1.54, 1.807) is 23.4 Å². The maximum atomic E-state index is 13.4. The summed E-state index contributed by atoms with van der Waals surface area (Å²) in [4.78, 5) is 21.9. The lowest BCUT2D eigenvalue weighted by Gasteiger charge is -2.26. The van der Waals surface area contributed by atoms with Crippen molar-refractivity contribution < 1.29 is 18.1 Å². The topological polar surface area (TPSA) is 75.4 Å². The summed E-state index contributed by atoms with van der Waals surface area (Å²) < 4.78 is 40.2. The number of nitrogens with zero attached hydrogens (tertiary/aromatic N) is 5. The van der Waals surface area contributed by atoms with Crippen molar-refractivity contribution in [3.8, 4) is 0 Å². The van der Waals surface area contributed by atoms with Gasteiger partial charge in [-0.3, -0.25) is 10.1 Å². The van der Waals surface area contributed by atoms with Gasteiger partial charge in [-0.1, -0.05) is 0 Å². The second kappa shape index (κ2) is 7.14. The van der Waals surface area contributed by atoms with E-state index < -0.39 is 22.4 Å². The zero-order chi connectivity index (χ0) is 18.7. The highest BCUT2D eigenvalue weighted by Gasteiger charge is 2.37. The summed E-state index contributed by atoms with van der Waals surface area (Å²) >= 11 is 0. The Morgan fingerprint density at radius 1 is 1.04 bits per heavy atom. The first-order valence-corrected chi connectivity index (χ1v) is 7.99. The number of hydrogen-bond acceptors (Lipinski definition) is 6. The number of nitro groups is 1. The third kappa shape index (κ3) is 3.84. The van der Waals surface area contributed by atoms with Crippen molar-refractivity contribution in [2.75, 3.05) is 36.0 Å². The summed E-state index contributed by atoms with van der Waals surface area (Å²) in [5, 5.41) is 10.8. The van der Waals surface area contributed by atoms with Crippen LogP contribution in [0.25, 0.3) is 0 Å². The molecule has 1 aromatic heterocycles. The Morgan fingerprint density at radius 2 is 1.69 bits per heavy atom. The number of aromatic nitrogens is 2. The Hall–Kier alpha value is -2.91. The van der Waals surface area contributed by atoms with Crippen LogP contribution in [-0.2, 0) is 6.18 Å². The molecule has 0 N–H and O–H groups in total. The van der Waals surface area contributed by atoms with Crippen LogP contribution in [0.4, 0.5) is 30.5 Å². The van der Waals surface area contributed by atoms with E-state index in [1.165, 1.54) is 6.07 Å². The van der Waals surface area contributed by atoms with E-state index in [-0.39, 0.29) is 5.69 Å². The lowest BCUT2D eigenvalue weighted by atomic mass is 10.1. The van der Waals surface area contributed by atoms with Gasteiger partial charge in [-0.2, -0.15) is 13.2 Å². The van der Waals surface area contributed by atoms with E-state index in [0.717, 1.165) is 6.07 Å². The number of benzene rings is 1. The van der Waals surface area contributed by atoms with Crippen LogP contribution < -0.4 is 9.80 Å². The predicted molar refractivity (Wildman–Crippen MR) is 89.2 cm³/mol. The van der Waals surface area contributed by atoms with Crippen LogP contribution in [0.1, 0.15) is 12.0 Å². The second-order valence-corrected chi connectivity index (χ2v) is 5.83. The van der Waals surface area contributed by atoms with Gasteiger partial charge in [-0.25, -0.2) is 9.97 Å². The van der Waals surface area contributed by atoms with Crippen molar-refractivity contribution in [2.24, 2.45) is 0 Å². The van der Waals surface area contributed by atoms with E-state index in [4.69, 9.17) is 0 Å². The maximum absolute atomic E-state index is 13.4. The smallest absolute Gasteiger partial charge is 0.369 e. The molecule has 10 heteroatoms. The molecule has 0 amide bonds. The molecule has 0 bridgehead atoms. The van der Waals surface area contributed by atoms with Crippen molar-refractivity contribution in [3.05, 3.63) is 52.3 Å². The van der Waals surface area contributed by atoms with Crippen LogP contribution in [0.3, 0.4) is 0 Å². The molecule has 3 rings (SSSR count). The Balaban J connectivity index is 1.86. The number of halogens is 3. The van der Waals surface area contributed by atoms with Gasteiger partial charge in [0.1, 0.15) is 0 Å². The van der Waals surface area contributed by atoms with Crippen molar-refractivity contribution >= 4 is 17.3 Å². The first-order chi connectivity index (χ1) is 12.4. The Morgan fingerprint density at radius 3 is 2.35 bits per heavy atom. The number of alkyl halides is 3. The fourth-order valence-corrected chi connectivity index (χ4v) is 2.95. The Labute approximate surface area is 147 Å². The molecule has 0 unspecified atom stereocenters. The molecule has 138 valence electrons. The first-order valence-electron chi connectivity index (χ1n) is 7.99. The van der Waals surface area contributed by atoms with Gasteiger partial charge in [0.2, 0.25) is 5.95 Å². The maximum Gasteiger partial charge on any atom is 0.418 e. The third-order valence-corrected chi connectivity index (χ3v) is 4.17. The van der Waals surface area contributed by atoms with Gasteiger partial charge < -0.3 is 9.80 Å². The number of hydrogen-bond donors (Lipinski definition) is 0. The highest BCUT2D eigenvalue weighted by Crippen LogP contribution is 2.39. The van der Waals surface area contributed by atoms with E-state index in [2.05, 4.69) is 9.97 Å². The van der Waals surface area contributed by atoms with Crippen LogP contribution >= 0.6 is 0 Å². The largest absolute Gasteiger partial charge is 0.418 e. The van der Waals surface area contributed by atoms with Crippen LogP contribution in [-0.4, -0.2) is 41.1 Å². The van der Waals surface area contributed by atoms with Crippen LogP contribution in [0.2, 0.25) is 0 Å². The molecule has 2 aromatic rings. The summed E-state index contributed by atoms with van der Waals surface area (Å²) in [6.07, 6.45) is -0.825. The monoisotopic (exact) mass is 367 g/mol. The zero-order valence-corrected chi connectivity index (χ0v) is 13.7. The molecular formula is C16H16F3N5O2. The minimum Gasteiger partial charge on any atom is -0.369 e. The molecule has 1 aromatic carbocycles. The molecule has 0 atom stereocenters. The highest BCUT2D eigenvalue weighted by atomic mass is 19.4. The molecule has 26 heavy (non-hydrogen) atoms. The fraction of sp³-hybridized carbons (Fsp3) is 0.375. The molecule has 1 aliphatic heterocycles. The molecule has 0 radical (unpaired) electrons. The number of non-ortho nitro benzene ring substituents is 1. The molecule has 0 spiro atoms. The average molecular weight is 367 g/mol. The van der Waals surface area contributed by atoms with Gasteiger partial charge in [0, 0.05) is 56.4 Å². The Bertz CT molecular complexity index is 785. The van der Waals surface area contributed by atoms with Gasteiger partial charge in [-0.15, -0.1) is 0 Å². The summed E-state index contributed by atoms with van der Waals surface area (Å²) in [6.45, 7) is 1.82. The summed E-state index contributed by atoms with van der Waals surface area (Å²) in [6, 6.07) is 4.57. The molecule has 0 saturated carbocycles. The number of anilines is 2. The lowest BCUT2D eigenvalue weighted by Crippen LogP contribution is -2.32. The molecule has 1 fully saturated rings. The van der Waals surface area contributed by atoms with E-state index in [9.17, 15) is 23.3 Å². The summed E-state index contributed by atoms with van der Waals surface area (Å²) in [7, 11) is 0. The minimum absolute atomic E-state index is 0.0427. The highest BCUT2D eigenvalue weighted by molar-refractivity contribution is 5.59. The van der Waals surface area contributed by atoms with Crippen LogP contribution in [0.15, 0.2) is 36.7 Å². The van der Waals surface area contributed by atoms with Crippen molar-refractivity contribution in [1.29, 1.82) is 0 Å². The molecule has 1 saturated heterocycles. The molecule has 7 nitrogen and oxygen atoms in total. The van der Waals surface area contributed by atoms with Crippen LogP contribution in [0, 0.1) is 10.1 Å². The van der Waals surface area contributed by atoms with Gasteiger partial charge in [0.15, 0.2) is 0 Å². The van der Waals surface area contributed by atoms with E-state index >= 15 is 0 Å². The Kier molecular flexibility index (Phi) is 4.92. The third-order valence-electron chi connectivity index (χ3n) is 4.17. The van der Waals surface area contributed by atoms with Crippen molar-refractivity contribution in [2.45, 2.75) is 12.6 Å². The summed E-state index contributed by atoms with van der Waals surface area (Å²) in [5.41, 5.74) is -1.61. The van der Waals surface area contributed by atoms with Crippen molar-refractivity contribution in [1.82, 2.24) is 9.97 Å². The van der Waals surface area contributed by atoms with Gasteiger partial charge in [-0.05, 0) is 18.6 Å². The quantitative estimate of drug-likeness (QED) is 0.613.